The summed E-state index contributed by atoms with van der Waals surface area (Å²) in [6.45, 7) is 2.25. The van der Waals surface area contributed by atoms with E-state index in [0.717, 1.165) is 28.0 Å². The Morgan fingerprint density at radius 3 is 2.73 bits per heavy atom. The van der Waals surface area contributed by atoms with Crippen molar-refractivity contribution in [3.63, 3.8) is 0 Å². The molecule has 78 valence electrons. The lowest BCUT2D eigenvalue weighted by molar-refractivity contribution is 0.174. The normalized spacial score (nSPS) is 14.7. The fourth-order valence-electron chi connectivity index (χ4n) is 1.58. The number of benzene rings is 1. The molecule has 4 heteroatoms. The molecule has 0 aromatic heterocycles. The predicted molar refractivity (Wildman–Crippen MR) is 58.9 cm³/mol. The number of nitrogens with zero attached hydrogens (tertiary/aromatic N) is 1. The third-order valence-corrected chi connectivity index (χ3v) is 3.12. The van der Waals surface area contributed by atoms with Crippen LogP contribution in [0.5, 0.6) is 11.5 Å². The van der Waals surface area contributed by atoms with Gasteiger partial charge in [-0.15, -0.1) is 0 Å². The first-order valence-corrected chi connectivity index (χ1v) is 5.54. The van der Waals surface area contributed by atoms with Gasteiger partial charge in [0.2, 0.25) is 6.79 Å². The topological polar surface area (TPSA) is 42.2 Å². The van der Waals surface area contributed by atoms with Gasteiger partial charge in [-0.05, 0) is 24.1 Å². The quantitative estimate of drug-likeness (QED) is 0.827. The van der Waals surface area contributed by atoms with E-state index in [4.69, 9.17) is 14.7 Å². The highest BCUT2D eigenvalue weighted by Gasteiger charge is 2.20. The third kappa shape index (κ3) is 1.80. The summed E-state index contributed by atoms with van der Waals surface area (Å²) in [4.78, 5) is 0. The molecule has 0 bridgehead atoms. The maximum absolute atomic E-state index is 9.01. The minimum absolute atomic E-state index is 0.103. The van der Waals surface area contributed by atoms with Crippen LogP contribution in [0.2, 0.25) is 0 Å². The van der Waals surface area contributed by atoms with Crippen molar-refractivity contribution in [1.82, 2.24) is 0 Å². The van der Waals surface area contributed by atoms with Gasteiger partial charge in [-0.25, -0.2) is 0 Å². The first-order valence-electron chi connectivity index (χ1n) is 4.75. The zero-order valence-electron chi connectivity index (χ0n) is 8.29. The minimum Gasteiger partial charge on any atom is -0.454 e. The van der Waals surface area contributed by atoms with Crippen LogP contribution < -0.4 is 9.47 Å². The summed E-state index contributed by atoms with van der Waals surface area (Å²) >= 11 is 3.45. The molecular formula is C11H10BrNO2. The molecule has 1 aromatic carbocycles. The summed E-state index contributed by atoms with van der Waals surface area (Å²) in [6.07, 6.45) is 0.786. The third-order valence-electron chi connectivity index (χ3n) is 2.43. The fraction of sp³-hybridized carbons (Fsp3) is 0.364. The van der Waals surface area contributed by atoms with Gasteiger partial charge in [-0.2, -0.15) is 5.26 Å². The second kappa shape index (κ2) is 4.11. The summed E-state index contributed by atoms with van der Waals surface area (Å²) < 4.78 is 11.4. The molecule has 0 aliphatic carbocycles. The molecule has 0 radical (unpaired) electrons. The van der Waals surface area contributed by atoms with Crippen LogP contribution in [0.3, 0.4) is 0 Å². The highest BCUT2D eigenvalue weighted by Crippen LogP contribution is 2.39. The summed E-state index contributed by atoms with van der Waals surface area (Å²) in [5.41, 5.74) is 0.962. The predicted octanol–water partition coefficient (Wildman–Crippen LogP) is 3.19. The Bertz CT molecular complexity index is 425. The van der Waals surface area contributed by atoms with Gasteiger partial charge >= 0.3 is 0 Å². The van der Waals surface area contributed by atoms with Crippen LogP contribution in [0.4, 0.5) is 0 Å². The maximum Gasteiger partial charge on any atom is 0.231 e. The van der Waals surface area contributed by atoms with E-state index in [1.54, 1.807) is 0 Å². The summed E-state index contributed by atoms with van der Waals surface area (Å²) in [5.74, 6) is 1.36. The van der Waals surface area contributed by atoms with Gasteiger partial charge in [-0.3, -0.25) is 0 Å². The largest absolute Gasteiger partial charge is 0.454 e. The van der Waals surface area contributed by atoms with E-state index in [2.05, 4.69) is 22.0 Å². The van der Waals surface area contributed by atoms with Crippen molar-refractivity contribution in [3.8, 4) is 17.6 Å². The molecule has 1 aliphatic rings. The molecule has 0 amide bonds. The van der Waals surface area contributed by atoms with Gasteiger partial charge < -0.3 is 9.47 Å². The zero-order chi connectivity index (χ0) is 10.8. The van der Waals surface area contributed by atoms with Crippen molar-refractivity contribution >= 4 is 15.9 Å². The Hall–Kier alpha value is -1.21. The average molecular weight is 268 g/mol. The molecule has 2 rings (SSSR count). The van der Waals surface area contributed by atoms with Gasteiger partial charge in [-0.1, -0.05) is 22.9 Å². The Balaban J connectivity index is 2.45. The molecule has 15 heavy (non-hydrogen) atoms. The van der Waals surface area contributed by atoms with Crippen LogP contribution in [0.25, 0.3) is 0 Å². The second-order valence-electron chi connectivity index (χ2n) is 3.32. The molecule has 1 aromatic rings. The number of nitriles is 1. The van der Waals surface area contributed by atoms with E-state index >= 15 is 0 Å². The van der Waals surface area contributed by atoms with Gasteiger partial charge in [0.05, 0.1) is 12.0 Å². The van der Waals surface area contributed by atoms with Gasteiger partial charge in [0, 0.05) is 4.47 Å². The SMILES string of the molecule is CC[C@@H](C#N)c1cc2c(cc1Br)OCO2. The Labute approximate surface area is 96.7 Å². The highest BCUT2D eigenvalue weighted by molar-refractivity contribution is 9.10. The van der Waals surface area contributed by atoms with Crippen LogP contribution >= 0.6 is 15.9 Å². The monoisotopic (exact) mass is 267 g/mol. The standard InChI is InChI=1S/C11H10BrNO2/c1-2-7(5-13)8-3-10-11(4-9(8)12)15-6-14-10/h3-4,7H,2,6H2,1H3/t7-/m0/s1. The Kier molecular flexibility index (Phi) is 2.83. The van der Waals surface area contributed by atoms with Crippen LogP contribution in [0.1, 0.15) is 24.8 Å². The van der Waals surface area contributed by atoms with E-state index < -0.39 is 0 Å². The van der Waals surface area contributed by atoms with Crippen molar-refractivity contribution in [3.05, 3.63) is 22.2 Å². The van der Waals surface area contributed by atoms with E-state index in [1.807, 2.05) is 19.1 Å². The first kappa shape index (κ1) is 10.3. The minimum atomic E-state index is -0.103. The molecule has 0 saturated carbocycles. The summed E-state index contributed by atoms with van der Waals surface area (Å²) in [6, 6.07) is 6.01. The molecule has 0 spiro atoms. The van der Waals surface area contributed by atoms with Crippen molar-refractivity contribution in [2.75, 3.05) is 6.79 Å². The van der Waals surface area contributed by atoms with E-state index in [-0.39, 0.29) is 12.7 Å². The molecule has 0 fully saturated rings. The smallest absolute Gasteiger partial charge is 0.231 e. The van der Waals surface area contributed by atoms with Gasteiger partial charge in [0.15, 0.2) is 11.5 Å². The first-order chi connectivity index (χ1) is 7.26. The lowest BCUT2D eigenvalue weighted by atomic mass is 9.98. The number of rotatable bonds is 2. The fourth-order valence-corrected chi connectivity index (χ4v) is 2.18. The molecule has 1 atom stereocenters. The lowest BCUT2D eigenvalue weighted by Gasteiger charge is -2.09. The van der Waals surface area contributed by atoms with Crippen LogP contribution in [0.15, 0.2) is 16.6 Å². The number of halogens is 1. The summed E-state index contributed by atoms with van der Waals surface area (Å²) in [5, 5.41) is 9.01. The molecule has 0 unspecified atom stereocenters. The molecule has 1 heterocycles. The molecule has 0 saturated heterocycles. The van der Waals surface area contributed by atoms with Crippen LogP contribution in [-0.2, 0) is 0 Å². The number of hydrogen-bond donors (Lipinski definition) is 0. The molecular weight excluding hydrogens is 258 g/mol. The maximum atomic E-state index is 9.01. The highest BCUT2D eigenvalue weighted by atomic mass is 79.9. The number of fused-ring (bicyclic) bond motifs is 1. The van der Waals surface area contributed by atoms with Gasteiger partial charge in [0.1, 0.15) is 0 Å². The van der Waals surface area contributed by atoms with Crippen molar-refractivity contribution < 1.29 is 9.47 Å². The lowest BCUT2D eigenvalue weighted by Crippen LogP contribution is -1.95. The Morgan fingerprint density at radius 1 is 1.47 bits per heavy atom. The molecule has 0 N–H and O–H groups in total. The van der Waals surface area contributed by atoms with Crippen molar-refractivity contribution in [1.29, 1.82) is 5.26 Å². The average Bonchev–Trinajstić information content (AvgIpc) is 2.67. The zero-order valence-corrected chi connectivity index (χ0v) is 9.87. The second-order valence-corrected chi connectivity index (χ2v) is 4.17. The van der Waals surface area contributed by atoms with Crippen molar-refractivity contribution in [2.24, 2.45) is 0 Å². The van der Waals surface area contributed by atoms with Crippen LogP contribution in [0, 0.1) is 11.3 Å². The van der Waals surface area contributed by atoms with Crippen LogP contribution in [-0.4, -0.2) is 6.79 Å². The Morgan fingerprint density at radius 2 is 2.13 bits per heavy atom. The number of hydrogen-bond acceptors (Lipinski definition) is 3. The molecule has 3 nitrogen and oxygen atoms in total. The van der Waals surface area contributed by atoms with E-state index in [0.29, 0.717) is 0 Å². The number of ether oxygens (including phenoxy) is 2. The summed E-state index contributed by atoms with van der Waals surface area (Å²) in [7, 11) is 0. The van der Waals surface area contributed by atoms with E-state index in [9.17, 15) is 0 Å². The molecule has 1 aliphatic heterocycles. The van der Waals surface area contributed by atoms with Gasteiger partial charge in [0.25, 0.3) is 0 Å². The van der Waals surface area contributed by atoms with Crippen molar-refractivity contribution in [2.45, 2.75) is 19.3 Å². The van der Waals surface area contributed by atoms with E-state index in [1.165, 1.54) is 0 Å².